The van der Waals surface area contributed by atoms with Crippen LogP contribution in [-0.2, 0) is 17.8 Å². The van der Waals surface area contributed by atoms with Crippen LogP contribution in [0, 0.1) is 5.92 Å². The number of hydrogen-bond acceptors (Lipinski definition) is 6. The molecule has 6 rings (SSSR count). The summed E-state index contributed by atoms with van der Waals surface area (Å²) in [6, 6.07) is 11.8. The molecular formula is C27H29ClN4O4S. The molecule has 3 heterocycles. The maximum absolute atomic E-state index is 13.3. The van der Waals surface area contributed by atoms with E-state index < -0.39 is 5.69 Å². The predicted molar refractivity (Wildman–Crippen MR) is 150 cm³/mol. The smallest absolute Gasteiger partial charge is 0.328 e. The highest BCUT2D eigenvalue weighted by atomic mass is 35.5. The van der Waals surface area contributed by atoms with Crippen LogP contribution in [0.5, 0.6) is 5.75 Å². The van der Waals surface area contributed by atoms with Gasteiger partial charge in [0.05, 0.1) is 12.6 Å². The Hall–Kier alpha value is -3.14. The fourth-order valence-corrected chi connectivity index (χ4v) is 7.08. The Morgan fingerprint density at radius 3 is 2.81 bits per heavy atom. The van der Waals surface area contributed by atoms with Gasteiger partial charge in [0.2, 0.25) is 5.91 Å². The van der Waals surface area contributed by atoms with Crippen molar-refractivity contribution >= 4 is 55.6 Å². The van der Waals surface area contributed by atoms with E-state index in [0.29, 0.717) is 40.8 Å². The molecule has 37 heavy (non-hydrogen) atoms. The molecule has 0 unspecified atom stereocenters. The highest BCUT2D eigenvalue weighted by Gasteiger charge is 2.38. The maximum Gasteiger partial charge on any atom is 0.328 e. The Balaban J connectivity index is 0.00000280. The number of methoxy groups -OCH3 is 1. The predicted octanol–water partition coefficient (Wildman–Crippen LogP) is 3.96. The number of ether oxygens (including phenoxy) is 1. The lowest BCUT2D eigenvalue weighted by Crippen LogP contribution is -2.38. The summed E-state index contributed by atoms with van der Waals surface area (Å²) in [5.74, 6) is 1.85. The largest absolute Gasteiger partial charge is 0.496 e. The summed E-state index contributed by atoms with van der Waals surface area (Å²) >= 11 is 1.37. The molecule has 8 nitrogen and oxygen atoms in total. The number of carbonyl (C=O) groups excluding carboxylic acids is 1. The first-order chi connectivity index (χ1) is 17.4. The standard InChI is InChI=1S/C27H28N4O4S.ClH/c1-15(32)28-17-7-9-23-20(12-17)24-25(36-23)26(33)31(27(34)29-24)11-10-30-13-16-6-8-19-18(21(16)14-30)4-3-5-22(19)35-2;/h3-5,7,9,12,16,21H,6,8,10-11,13-14H2,1-2H3,(H,28,32)(H,29,34);1H/t16-,21+;/m0./s1. The summed E-state index contributed by atoms with van der Waals surface area (Å²) in [6.07, 6.45) is 2.16. The summed E-state index contributed by atoms with van der Waals surface area (Å²) in [6.45, 7) is 4.35. The number of H-pyrrole nitrogens is 1. The molecule has 2 atom stereocenters. The van der Waals surface area contributed by atoms with E-state index in [1.54, 1.807) is 19.2 Å². The van der Waals surface area contributed by atoms with Crippen LogP contribution in [0.1, 0.15) is 30.4 Å². The van der Waals surface area contributed by atoms with Gasteiger partial charge in [-0.25, -0.2) is 4.79 Å². The number of aromatic amines is 1. The van der Waals surface area contributed by atoms with Gasteiger partial charge in [-0.3, -0.25) is 14.2 Å². The third-order valence-corrected chi connectivity index (χ3v) is 8.79. The number of thiophene rings is 1. The number of likely N-dealkylation sites (tertiary alicyclic amines) is 1. The van der Waals surface area contributed by atoms with Crippen molar-refractivity contribution in [2.45, 2.75) is 32.2 Å². The number of nitrogens with one attached hydrogen (secondary N) is 2. The van der Waals surface area contributed by atoms with Crippen LogP contribution in [0.25, 0.3) is 20.3 Å². The number of hydrogen-bond donors (Lipinski definition) is 2. The van der Waals surface area contributed by atoms with Crippen LogP contribution in [0.2, 0.25) is 0 Å². The average Bonchev–Trinajstić information content (AvgIpc) is 3.44. The Morgan fingerprint density at radius 1 is 1.19 bits per heavy atom. The highest BCUT2D eigenvalue weighted by Crippen LogP contribution is 2.44. The van der Waals surface area contributed by atoms with Gasteiger partial charge in [-0.05, 0) is 54.2 Å². The molecule has 1 aliphatic carbocycles. The Morgan fingerprint density at radius 2 is 2.03 bits per heavy atom. The number of carbonyl (C=O) groups is 1. The van der Waals surface area contributed by atoms with E-state index in [0.717, 1.165) is 41.8 Å². The first-order valence-corrected chi connectivity index (χ1v) is 13.1. The molecule has 0 bridgehead atoms. The molecular weight excluding hydrogens is 512 g/mol. The highest BCUT2D eigenvalue weighted by molar-refractivity contribution is 7.25. The molecule has 1 aliphatic heterocycles. The molecule has 1 fully saturated rings. The maximum atomic E-state index is 13.3. The Kier molecular flexibility index (Phi) is 6.87. The number of benzene rings is 2. The van der Waals surface area contributed by atoms with Gasteiger partial charge in [0, 0.05) is 54.8 Å². The zero-order valence-electron chi connectivity index (χ0n) is 20.7. The van der Waals surface area contributed by atoms with Crippen LogP contribution < -0.4 is 21.3 Å². The number of rotatable bonds is 5. The molecule has 2 aliphatic rings. The Labute approximate surface area is 223 Å². The first kappa shape index (κ1) is 25.5. The van der Waals surface area contributed by atoms with Gasteiger partial charge in [-0.15, -0.1) is 23.7 Å². The van der Waals surface area contributed by atoms with Gasteiger partial charge in [-0.1, -0.05) is 12.1 Å². The summed E-state index contributed by atoms with van der Waals surface area (Å²) in [5, 5.41) is 3.52. The number of aromatic nitrogens is 2. The molecule has 1 saturated heterocycles. The normalized spacial score (nSPS) is 18.9. The lowest BCUT2D eigenvalue weighted by Gasteiger charge is -2.28. The SMILES string of the molecule is COc1cccc2c1CC[C@H]1CN(CCn3c(=O)[nH]c4c(sc5ccc(NC(C)=O)cc54)c3=O)C[C@@H]21.Cl. The monoisotopic (exact) mass is 540 g/mol. The molecule has 2 N–H and O–H groups in total. The topological polar surface area (TPSA) is 96.4 Å². The molecule has 10 heteroatoms. The van der Waals surface area contributed by atoms with Crippen molar-refractivity contribution in [1.29, 1.82) is 0 Å². The number of fused-ring (bicyclic) bond motifs is 6. The summed E-state index contributed by atoms with van der Waals surface area (Å²) in [7, 11) is 1.73. The van der Waals surface area contributed by atoms with Gasteiger partial charge in [-0.2, -0.15) is 0 Å². The number of anilines is 1. The fourth-order valence-electron chi connectivity index (χ4n) is 5.99. The second kappa shape index (κ2) is 9.96. The van der Waals surface area contributed by atoms with Gasteiger partial charge in [0.15, 0.2) is 0 Å². The van der Waals surface area contributed by atoms with Crippen molar-refractivity contribution in [2.24, 2.45) is 5.92 Å². The Bertz CT molecular complexity index is 1620. The van der Waals surface area contributed by atoms with Crippen molar-refractivity contribution in [3.8, 4) is 5.75 Å². The molecule has 0 saturated carbocycles. The summed E-state index contributed by atoms with van der Waals surface area (Å²) in [5.41, 5.74) is 3.22. The lowest BCUT2D eigenvalue weighted by molar-refractivity contribution is -0.114. The molecule has 2 aromatic carbocycles. The molecule has 0 spiro atoms. The molecule has 194 valence electrons. The van der Waals surface area contributed by atoms with Crippen LogP contribution in [0.15, 0.2) is 46.0 Å². The minimum Gasteiger partial charge on any atom is -0.496 e. The van der Waals surface area contributed by atoms with E-state index in [4.69, 9.17) is 4.74 Å². The number of nitrogens with zero attached hydrogens (tertiary/aromatic N) is 2. The van der Waals surface area contributed by atoms with Crippen LogP contribution in [0.3, 0.4) is 0 Å². The van der Waals surface area contributed by atoms with Crippen molar-refractivity contribution in [1.82, 2.24) is 14.5 Å². The first-order valence-electron chi connectivity index (χ1n) is 12.3. The fraction of sp³-hybridized carbons (Fsp3) is 0.370. The van der Waals surface area contributed by atoms with Gasteiger partial charge >= 0.3 is 5.69 Å². The van der Waals surface area contributed by atoms with Crippen LogP contribution >= 0.6 is 23.7 Å². The van der Waals surface area contributed by atoms with Crippen molar-refractivity contribution in [3.05, 3.63) is 68.4 Å². The molecule has 1 amide bonds. The second-order valence-corrected chi connectivity index (χ2v) is 10.8. The van der Waals surface area contributed by atoms with Crippen molar-refractivity contribution in [3.63, 3.8) is 0 Å². The minimum absolute atomic E-state index is 0. The van der Waals surface area contributed by atoms with E-state index in [9.17, 15) is 14.4 Å². The minimum atomic E-state index is -0.399. The van der Waals surface area contributed by atoms with Crippen molar-refractivity contribution in [2.75, 3.05) is 32.1 Å². The van der Waals surface area contributed by atoms with Gasteiger partial charge < -0.3 is 19.9 Å². The zero-order chi connectivity index (χ0) is 25.0. The molecule has 4 aromatic rings. The van der Waals surface area contributed by atoms with E-state index >= 15 is 0 Å². The van der Waals surface area contributed by atoms with E-state index in [1.807, 2.05) is 12.1 Å². The lowest BCUT2D eigenvalue weighted by atomic mass is 9.77. The third kappa shape index (κ3) is 4.45. The van der Waals surface area contributed by atoms with Crippen molar-refractivity contribution < 1.29 is 9.53 Å². The number of halogens is 1. The zero-order valence-corrected chi connectivity index (χ0v) is 22.3. The van der Waals surface area contributed by atoms with E-state index in [-0.39, 0.29) is 23.9 Å². The summed E-state index contributed by atoms with van der Waals surface area (Å²) in [4.78, 5) is 43.0. The van der Waals surface area contributed by atoms with Gasteiger partial charge in [0.1, 0.15) is 10.4 Å². The van der Waals surface area contributed by atoms with Crippen LogP contribution in [0.4, 0.5) is 5.69 Å². The number of amides is 1. The van der Waals surface area contributed by atoms with E-state index in [2.05, 4.69) is 27.3 Å². The quantitative estimate of drug-likeness (QED) is 0.399. The average molecular weight is 541 g/mol. The summed E-state index contributed by atoms with van der Waals surface area (Å²) < 4.78 is 8.34. The molecule has 0 radical (unpaired) electrons. The second-order valence-electron chi connectivity index (χ2n) is 9.78. The molecule has 2 aromatic heterocycles. The third-order valence-electron chi connectivity index (χ3n) is 7.64. The van der Waals surface area contributed by atoms with Gasteiger partial charge in [0.25, 0.3) is 5.56 Å². The van der Waals surface area contributed by atoms with Crippen LogP contribution in [-0.4, -0.2) is 47.1 Å². The van der Waals surface area contributed by atoms with E-state index in [1.165, 1.54) is 34.0 Å².